The molecule has 0 atom stereocenters. The molecule has 1 aromatic rings. The minimum absolute atomic E-state index is 0.0197. The summed E-state index contributed by atoms with van der Waals surface area (Å²) in [4.78, 5) is 3.80. The molecule has 0 bridgehead atoms. The van der Waals surface area contributed by atoms with E-state index in [1.165, 1.54) is 0 Å². The molecule has 0 aromatic carbocycles. The normalized spacial score (nSPS) is 9.75. The van der Waals surface area contributed by atoms with E-state index in [1.807, 2.05) is 6.92 Å². The molecule has 1 N–H and O–H groups in total. The van der Waals surface area contributed by atoms with Crippen LogP contribution in [0.5, 0.6) is 0 Å². The van der Waals surface area contributed by atoms with E-state index in [2.05, 4.69) is 4.98 Å². The SMILES string of the molecule is Cc1cncn1CO. The summed E-state index contributed by atoms with van der Waals surface area (Å²) in [6.07, 6.45) is 3.30. The molecular formula is C5H8N2O. The first-order valence-corrected chi connectivity index (χ1v) is 2.42. The van der Waals surface area contributed by atoms with Gasteiger partial charge in [0, 0.05) is 11.9 Å². The number of nitrogens with zero attached hydrogens (tertiary/aromatic N) is 2. The number of aliphatic hydroxyl groups is 1. The number of hydrogen-bond acceptors (Lipinski definition) is 2. The first kappa shape index (κ1) is 5.31. The van der Waals surface area contributed by atoms with Gasteiger partial charge in [0.15, 0.2) is 0 Å². The molecule has 0 aliphatic carbocycles. The number of aromatic nitrogens is 2. The zero-order valence-corrected chi connectivity index (χ0v) is 4.70. The Balaban J connectivity index is 2.92. The molecule has 1 aromatic heterocycles. The predicted molar refractivity (Wildman–Crippen MR) is 29.2 cm³/mol. The van der Waals surface area contributed by atoms with Crippen molar-refractivity contribution in [3.8, 4) is 0 Å². The summed E-state index contributed by atoms with van der Waals surface area (Å²) in [5.74, 6) is 0. The third kappa shape index (κ3) is 0.721. The van der Waals surface area contributed by atoms with Crippen molar-refractivity contribution in [3.05, 3.63) is 18.2 Å². The van der Waals surface area contributed by atoms with Crippen LogP contribution in [-0.2, 0) is 6.73 Å². The molecule has 3 nitrogen and oxygen atoms in total. The maximum atomic E-state index is 8.53. The maximum Gasteiger partial charge on any atom is 0.120 e. The Morgan fingerprint density at radius 3 is 2.88 bits per heavy atom. The lowest BCUT2D eigenvalue weighted by Crippen LogP contribution is -1.95. The molecule has 0 fully saturated rings. The predicted octanol–water partition coefficient (Wildman–Crippen LogP) is 0.141. The van der Waals surface area contributed by atoms with Crippen LogP contribution < -0.4 is 0 Å². The van der Waals surface area contributed by atoms with Crippen LogP contribution in [0.25, 0.3) is 0 Å². The Morgan fingerprint density at radius 1 is 1.88 bits per heavy atom. The second-order valence-corrected chi connectivity index (χ2v) is 1.65. The molecule has 0 aliphatic heterocycles. The maximum absolute atomic E-state index is 8.53. The van der Waals surface area contributed by atoms with Crippen molar-refractivity contribution in [1.29, 1.82) is 0 Å². The van der Waals surface area contributed by atoms with Gasteiger partial charge in [0.2, 0.25) is 0 Å². The summed E-state index contributed by atoms with van der Waals surface area (Å²) in [7, 11) is 0. The monoisotopic (exact) mass is 112 g/mol. The largest absolute Gasteiger partial charge is 0.376 e. The molecule has 44 valence electrons. The van der Waals surface area contributed by atoms with Crippen molar-refractivity contribution >= 4 is 0 Å². The highest BCUT2D eigenvalue weighted by atomic mass is 16.3. The zero-order chi connectivity index (χ0) is 5.98. The number of aryl methyl sites for hydroxylation is 1. The first-order chi connectivity index (χ1) is 3.84. The van der Waals surface area contributed by atoms with E-state index in [9.17, 15) is 0 Å². The van der Waals surface area contributed by atoms with Gasteiger partial charge in [-0.3, -0.25) is 0 Å². The van der Waals surface area contributed by atoms with Crippen LogP contribution in [0.3, 0.4) is 0 Å². The van der Waals surface area contributed by atoms with E-state index in [4.69, 9.17) is 5.11 Å². The van der Waals surface area contributed by atoms with E-state index in [0.717, 1.165) is 5.69 Å². The van der Waals surface area contributed by atoms with E-state index in [0.29, 0.717) is 0 Å². The van der Waals surface area contributed by atoms with Crippen LogP contribution in [0.1, 0.15) is 5.69 Å². The van der Waals surface area contributed by atoms with Gasteiger partial charge in [-0.1, -0.05) is 0 Å². The topological polar surface area (TPSA) is 38.0 Å². The van der Waals surface area contributed by atoms with Crippen molar-refractivity contribution in [2.24, 2.45) is 0 Å². The Bertz CT molecular complexity index is 171. The number of rotatable bonds is 1. The molecule has 0 amide bonds. The summed E-state index contributed by atoms with van der Waals surface area (Å²) in [6.45, 7) is 1.91. The second kappa shape index (κ2) is 1.96. The molecular weight excluding hydrogens is 104 g/mol. The van der Waals surface area contributed by atoms with E-state index < -0.39 is 0 Å². The Morgan fingerprint density at radius 2 is 2.62 bits per heavy atom. The lowest BCUT2D eigenvalue weighted by atomic mass is 10.5. The zero-order valence-electron chi connectivity index (χ0n) is 4.70. The second-order valence-electron chi connectivity index (χ2n) is 1.65. The Kier molecular flexibility index (Phi) is 1.30. The highest BCUT2D eigenvalue weighted by molar-refractivity contribution is 4.92. The molecule has 0 aliphatic rings. The summed E-state index contributed by atoms with van der Waals surface area (Å²) in [6, 6.07) is 0. The van der Waals surface area contributed by atoms with Gasteiger partial charge in [-0.25, -0.2) is 4.98 Å². The Labute approximate surface area is 47.6 Å². The number of aliphatic hydroxyl groups excluding tert-OH is 1. The smallest absolute Gasteiger partial charge is 0.120 e. The molecule has 8 heavy (non-hydrogen) atoms. The minimum atomic E-state index is 0.0197. The fraction of sp³-hybridized carbons (Fsp3) is 0.400. The molecule has 0 unspecified atom stereocenters. The average molecular weight is 112 g/mol. The summed E-state index contributed by atoms with van der Waals surface area (Å²) in [5, 5.41) is 8.53. The highest BCUT2D eigenvalue weighted by Gasteiger charge is 1.89. The number of imidazole rings is 1. The van der Waals surface area contributed by atoms with Gasteiger partial charge in [0.05, 0.1) is 6.33 Å². The fourth-order valence-electron chi connectivity index (χ4n) is 0.535. The van der Waals surface area contributed by atoms with Gasteiger partial charge in [-0.15, -0.1) is 0 Å². The van der Waals surface area contributed by atoms with Gasteiger partial charge < -0.3 is 9.67 Å². The third-order valence-electron chi connectivity index (χ3n) is 1.07. The summed E-state index contributed by atoms with van der Waals surface area (Å²) >= 11 is 0. The quantitative estimate of drug-likeness (QED) is 0.561. The van der Waals surface area contributed by atoms with Crippen molar-refractivity contribution in [1.82, 2.24) is 9.55 Å². The van der Waals surface area contributed by atoms with Gasteiger partial charge in [0.1, 0.15) is 6.73 Å². The van der Waals surface area contributed by atoms with Crippen molar-refractivity contribution < 1.29 is 5.11 Å². The van der Waals surface area contributed by atoms with Gasteiger partial charge in [0.25, 0.3) is 0 Å². The van der Waals surface area contributed by atoms with Crippen LogP contribution in [0, 0.1) is 6.92 Å². The lowest BCUT2D eigenvalue weighted by Gasteiger charge is -1.94. The standard InChI is InChI=1S/C5H8N2O/c1-5-2-6-3-7(5)4-8/h2-3,8H,4H2,1H3. The van der Waals surface area contributed by atoms with Crippen LogP contribution in [0.15, 0.2) is 12.5 Å². The van der Waals surface area contributed by atoms with Crippen LogP contribution in [0.4, 0.5) is 0 Å². The molecule has 0 saturated heterocycles. The average Bonchev–Trinajstić information content (AvgIpc) is 2.14. The molecule has 1 heterocycles. The van der Waals surface area contributed by atoms with Gasteiger partial charge in [-0.05, 0) is 6.92 Å². The van der Waals surface area contributed by atoms with Gasteiger partial charge in [-0.2, -0.15) is 0 Å². The molecule has 1 rings (SSSR count). The first-order valence-electron chi connectivity index (χ1n) is 2.42. The summed E-state index contributed by atoms with van der Waals surface area (Å²) < 4.78 is 1.65. The highest BCUT2D eigenvalue weighted by Crippen LogP contribution is 1.92. The van der Waals surface area contributed by atoms with E-state index in [1.54, 1.807) is 17.1 Å². The van der Waals surface area contributed by atoms with Crippen LogP contribution in [-0.4, -0.2) is 14.7 Å². The third-order valence-corrected chi connectivity index (χ3v) is 1.07. The molecule has 0 saturated carbocycles. The Hall–Kier alpha value is -0.830. The number of hydrogen-bond donors (Lipinski definition) is 1. The van der Waals surface area contributed by atoms with Crippen molar-refractivity contribution in [2.45, 2.75) is 13.7 Å². The molecule has 3 heteroatoms. The summed E-state index contributed by atoms with van der Waals surface area (Å²) in [5.41, 5.74) is 0.979. The van der Waals surface area contributed by atoms with E-state index in [-0.39, 0.29) is 6.73 Å². The fourth-order valence-corrected chi connectivity index (χ4v) is 0.535. The van der Waals surface area contributed by atoms with Gasteiger partial charge >= 0.3 is 0 Å². The lowest BCUT2D eigenvalue weighted by molar-refractivity contribution is 0.208. The van der Waals surface area contributed by atoms with E-state index >= 15 is 0 Å². The van der Waals surface area contributed by atoms with Crippen molar-refractivity contribution in [2.75, 3.05) is 0 Å². The van der Waals surface area contributed by atoms with Crippen LogP contribution >= 0.6 is 0 Å². The molecule has 0 radical (unpaired) electrons. The minimum Gasteiger partial charge on any atom is -0.376 e. The molecule has 0 spiro atoms. The van der Waals surface area contributed by atoms with Crippen molar-refractivity contribution in [3.63, 3.8) is 0 Å². The van der Waals surface area contributed by atoms with Crippen LogP contribution in [0.2, 0.25) is 0 Å².